The van der Waals surface area contributed by atoms with Gasteiger partial charge < -0.3 is 5.32 Å². The number of hydrogen-bond donors (Lipinski definition) is 1. The van der Waals surface area contributed by atoms with Crippen LogP contribution in [0.4, 0.5) is 13.2 Å². The molecule has 2 unspecified atom stereocenters. The van der Waals surface area contributed by atoms with Crippen molar-refractivity contribution in [1.29, 1.82) is 0 Å². The van der Waals surface area contributed by atoms with Gasteiger partial charge in [-0.25, -0.2) is 13.4 Å². The Morgan fingerprint density at radius 3 is 2.34 bits per heavy atom. The summed E-state index contributed by atoms with van der Waals surface area (Å²) in [5.41, 5.74) is 0.0986. The first-order valence-electron chi connectivity index (χ1n) is 9.42. The van der Waals surface area contributed by atoms with Crippen molar-refractivity contribution < 1.29 is 31.2 Å². The number of aliphatic imine (C=N–C) groups is 1. The Morgan fingerprint density at radius 2 is 1.78 bits per heavy atom. The minimum Gasteiger partial charge on any atom is -0.344 e. The van der Waals surface area contributed by atoms with Gasteiger partial charge in [-0.15, -0.1) is 0 Å². The third-order valence-electron chi connectivity index (χ3n) is 4.82. The van der Waals surface area contributed by atoms with Gasteiger partial charge in [0.2, 0.25) is 5.91 Å². The summed E-state index contributed by atoms with van der Waals surface area (Å²) in [6, 6.07) is 12.2. The molecule has 2 atom stereocenters. The Hall–Kier alpha value is -3.27. The van der Waals surface area contributed by atoms with Gasteiger partial charge in [0.05, 0.1) is 10.9 Å². The molecule has 2 aromatic carbocycles. The number of amides is 2. The maximum atomic E-state index is 12.9. The topological polar surface area (TPSA) is 92.7 Å². The highest BCUT2D eigenvalue weighted by atomic mass is 32.2. The second-order valence-corrected chi connectivity index (χ2v) is 9.32. The highest BCUT2D eigenvalue weighted by molar-refractivity contribution is 7.90. The minimum atomic E-state index is -4.81. The number of dihydropyridines is 1. The lowest BCUT2D eigenvalue weighted by molar-refractivity contribution is -0.132. The van der Waals surface area contributed by atoms with Gasteiger partial charge >= 0.3 is 6.18 Å². The van der Waals surface area contributed by atoms with E-state index in [2.05, 4.69) is 10.3 Å². The molecule has 1 heterocycles. The van der Waals surface area contributed by atoms with Gasteiger partial charge in [-0.05, 0) is 35.8 Å². The third-order valence-corrected chi connectivity index (χ3v) is 5.97. The number of hydrogen-bond acceptors (Lipinski definition) is 4. The van der Waals surface area contributed by atoms with Crippen LogP contribution in [0.2, 0.25) is 0 Å². The van der Waals surface area contributed by atoms with Gasteiger partial charge in [-0.1, -0.05) is 48.5 Å². The number of nitrogens with one attached hydrogen (secondary N) is 1. The second-order valence-electron chi connectivity index (χ2n) is 7.34. The van der Waals surface area contributed by atoms with Crippen LogP contribution in [0.15, 0.2) is 70.6 Å². The smallest absolute Gasteiger partial charge is 0.344 e. The first-order chi connectivity index (χ1) is 14.9. The summed E-state index contributed by atoms with van der Waals surface area (Å²) in [6.45, 7) is 1.72. The molecular weight excluding hydrogens is 445 g/mol. The van der Waals surface area contributed by atoms with Crippen molar-refractivity contribution in [3.05, 3.63) is 77.4 Å². The molecule has 168 valence electrons. The predicted octanol–water partition coefficient (Wildman–Crippen LogP) is 3.32. The molecule has 0 aliphatic carbocycles. The van der Waals surface area contributed by atoms with Crippen molar-refractivity contribution in [3.8, 4) is 0 Å². The highest BCUT2D eigenvalue weighted by Gasteiger charge is 2.39. The molecular formula is C22H19F3N2O4S. The van der Waals surface area contributed by atoms with Crippen molar-refractivity contribution in [2.75, 3.05) is 6.26 Å². The first kappa shape index (κ1) is 23.4. The van der Waals surface area contributed by atoms with Crippen LogP contribution in [-0.4, -0.2) is 38.4 Å². The molecule has 32 heavy (non-hydrogen) atoms. The minimum absolute atomic E-state index is 0.00505. The summed E-state index contributed by atoms with van der Waals surface area (Å²) >= 11 is 0. The number of allylic oxidation sites excluding steroid dienone is 1. The van der Waals surface area contributed by atoms with E-state index in [9.17, 15) is 31.2 Å². The molecule has 0 saturated carbocycles. The van der Waals surface area contributed by atoms with Gasteiger partial charge in [0.15, 0.2) is 9.84 Å². The van der Waals surface area contributed by atoms with Crippen LogP contribution in [0.1, 0.15) is 22.7 Å². The van der Waals surface area contributed by atoms with E-state index < -0.39 is 45.5 Å². The maximum absolute atomic E-state index is 12.9. The van der Waals surface area contributed by atoms with Crippen molar-refractivity contribution >= 4 is 27.4 Å². The number of benzene rings is 2. The number of alkyl halides is 3. The molecule has 2 amide bonds. The van der Waals surface area contributed by atoms with Crippen LogP contribution < -0.4 is 5.32 Å². The third kappa shape index (κ3) is 5.13. The normalized spacial score (nSPS) is 17.6. The van der Waals surface area contributed by atoms with E-state index in [1.165, 1.54) is 6.07 Å². The molecule has 6 nitrogen and oxygen atoms in total. The van der Waals surface area contributed by atoms with Crippen LogP contribution >= 0.6 is 0 Å². The van der Waals surface area contributed by atoms with Crippen LogP contribution in [0.25, 0.3) is 0 Å². The number of carbonyl (C=O) groups excluding carboxylic acids is 2. The van der Waals surface area contributed by atoms with Gasteiger partial charge in [-0.2, -0.15) is 13.2 Å². The quantitative estimate of drug-likeness (QED) is 0.687. The Balaban J connectivity index is 2.01. The summed E-state index contributed by atoms with van der Waals surface area (Å²) in [5.74, 6) is -3.72. The van der Waals surface area contributed by atoms with Gasteiger partial charge in [0, 0.05) is 6.26 Å². The Kier molecular flexibility index (Phi) is 6.36. The molecule has 0 bridgehead atoms. The monoisotopic (exact) mass is 464 g/mol. The summed E-state index contributed by atoms with van der Waals surface area (Å²) in [5, 5.41) is 2.61. The fraction of sp³-hybridized carbons (Fsp3) is 0.227. The number of nitrogens with zero attached hydrogens (tertiary/aromatic N) is 1. The maximum Gasteiger partial charge on any atom is 0.433 e. The Morgan fingerprint density at radius 1 is 1.12 bits per heavy atom. The molecule has 3 rings (SSSR count). The average Bonchev–Trinajstić information content (AvgIpc) is 2.71. The molecule has 0 radical (unpaired) electrons. The van der Waals surface area contributed by atoms with E-state index >= 15 is 0 Å². The van der Waals surface area contributed by atoms with E-state index in [0.29, 0.717) is 17.2 Å². The summed E-state index contributed by atoms with van der Waals surface area (Å²) in [7, 11) is -3.68. The fourth-order valence-corrected chi connectivity index (χ4v) is 4.29. The van der Waals surface area contributed by atoms with Crippen LogP contribution in [0, 0.1) is 12.8 Å². The van der Waals surface area contributed by atoms with Crippen LogP contribution in [-0.2, 0) is 19.4 Å². The molecule has 0 spiro atoms. The van der Waals surface area contributed by atoms with Gasteiger partial charge in [-0.3, -0.25) is 9.59 Å². The summed E-state index contributed by atoms with van der Waals surface area (Å²) < 4.78 is 63.2. The zero-order chi connectivity index (χ0) is 23.7. The summed E-state index contributed by atoms with van der Waals surface area (Å²) in [4.78, 5) is 28.0. The standard InChI is InChI=1S/C22H19F3N2O4S/c1-13-8-9-15(17(12-13)32(2,30)31)19(14-6-4-3-5-7-14)27-21(29)16-10-11-18(22(23,24)25)26-20(16)28/h3-12,16,19H,1-2H3,(H,27,29). The average molecular weight is 464 g/mol. The van der Waals surface area contributed by atoms with E-state index in [0.717, 1.165) is 12.3 Å². The number of halogens is 3. The second kappa shape index (κ2) is 8.70. The van der Waals surface area contributed by atoms with Gasteiger partial charge in [0.25, 0.3) is 5.91 Å². The lowest BCUT2D eigenvalue weighted by Gasteiger charge is -2.24. The fourth-order valence-electron chi connectivity index (χ4n) is 3.27. The van der Waals surface area contributed by atoms with E-state index in [1.807, 2.05) is 0 Å². The largest absolute Gasteiger partial charge is 0.433 e. The lowest BCUT2D eigenvalue weighted by Crippen LogP contribution is -2.39. The van der Waals surface area contributed by atoms with E-state index in [-0.39, 0.29) is 10.5 Å². The zero-order valence-electron chi connectivity index (χ0n) is 17.1. The Labute approximate surface area is 182 Å². The van der Waals surface area contributed by atoms with E-state index in [4.69, 9.17) is 0 Å². The van der Waals surface area contributed by atoms with Crippen molar-refractivity contribution in [1.82, 2.24) is 5.32 Å². The van der Waals surface area contributed by atoms with E-state index in [1.54, 1.807) is 49.4 Å². The molecule has 0 fully saturated rings. The molecule has 10 heteroatoms. The van der Waals surface area contributed by atoms with Crippen molar-refractivity contribution in [3.63, 3.8) is 0 Å². The van der Waals surface area contributed by atoms with Crippen LogP contribution in [0.5, 0.6) is 0 Å². The number of rotatable bonds is 5. The lowest BCUT2D eigenvalue weighted by atomic mass is 9.96. The summed E-state index contributed by atoms with van der Waals surface area (Å²) in [6.07, 6.45) is -2.36. The predicted molar refractivity (Wildman–Crippen MR) is 112 cm³/mol. The molecule has 1 aliphatic rings. The Bertz CT molecular complexity index is 1220. The van der Waals surface area contributed by atoms with Crippen molar-refractivity contribution in [2.24, 2.45) is 10.9 Å². The molecule has 1 aliphatic heterocycles. The molecule has 1 N–H and O–H groups in total. The molecule has 0 aromatic heterocycles. The molecule has 0 saturated heterocycles. The zero-order valence-corrected chi connectivity index (χ0v) is 17.9. The van der Waals surface area contributed by atoms with Crippen LogP contribution in [0.3, 0.4) is 0 Å². The number of sulfone groups is 1. The first-order valence-corrected chi connectivity index (χ1v) is 11.3. The number of carbonyl (C=O) groups is 2. The van der Waals surface area contributed by atoms with Crippen molar-refractivity contribution in [2.45, 2.75) is 24.0 Å². The molecule has 2 aromatic rings. The number of aryl methyl sites for hydroxylation is 1. The SMILES string of the molecule is Cc1ccc(C(NC(=O)C2C=CC(C(F)(F)F)=NC2=O)c2ccccc2)c(S(C)(=O)=O)c1. The van der Waals surface area contributed by atoms with Gasteiger partial charge in [0.1, 0.15) is 11.6 Å². The highest BCUT2D eigenvalue weighted by Crippen LogP contribution is 2.30.